The summed E-state index contributed by atoms with van der Waals surface area (Å²) in [7, 11) is 2.57. The van der Waals surface area contributed by atoms with Crippen molar-refractivity contribution in [3.63, 3.8) is 0 Å². The van der Waals surface area contributed by atoms with Gasteiger partial charge in [-0.15, -0.1) is 0 Å². The highest BCUT2D eigenvalue weighted by Gasteiger charge is 2.44. The van der Waals surface area contributed by atoms with E-state index in [4.69, 9.17) is 21.1 Å². The van der Waals surface area contributed by atoms with Crippen LogP contribution in [-0.4, -0.2) is 77.9 Å². The number of nitro benzene ring substituents is 1. The number of carbonyl (C=O) groups excluding carboxylic acids is 3. The van der Waals surface area contributed by atoms with Crippen LogP contribution in [0.25, 0.3) is 0 Å². The van der Waals surface area contributed by atoms with E-state index in [1.54, 1.807) is 15.9 Å². The van der Waals surface area contributed by atoms with Gasteiger partial charge in [-0.25, -0.2) is 9.78 Å². The van der Waals surface area contributed by atoms with E-state index in [2.05, 4.69) is 4.98 Å². The van der Waals surface area contributed by atoms with Crippen molar-refractivity contribution in [2.45, 2.75) is 19.3 Å². The van der Waals surface area contributed by atoms with E-state index >= 15 is 0 Å². The third-order valence-electron chi connectivity index (χ3n) is 6.92. The zero-order valence-corrected chi connectivity index (χ0v) is 20.6. The van der Waals surface area contributed by atoms with Crippen LogP contribution in [0.15, 0.2) is 30.3 Å². The average molecular weight is 517 g/mol. The Morgan fingerprint density at radius 3 is 2.33 bits per heavy atom. The molecule has 0 aliphatic carbocycles. The molecule has 12 heteroatoms. The van der Waals surface area contributed by atoms with Crippen molar-refractivity contribution in [1.82, 2.24) is 14.8 Å². The summed E-state index contributed by atoms with van der Waals surface area (Å²) < 4.78 is 9.81. The number of rotatable bonds is 5. The number of halogens is 1. The number of piperidine rings is 1. The number of methoxy groups -OCH3 is 2. The largest absolute Gasteiger partial charge is 0.481 e. The first-order valence-corrected chi connectivity index (χ1v) is 11.7. The number of esters is 1. The second-order valence-electron chi connectivity index (χ2n) is 8.94. The van der Waals surface area contributed by atoms with Crippen molar-refractivity contribution >= 4 is 35.1 Å². The normalized spacial score (nSPS) is 16.6. The minimum atomic E-state index is -0.931. The van der Waals surface area contributed by atoms with Crippen LogP contribution in [0.2, 0.25) is 5.15 Å². The van der Waals surface area contributed by atoms with Gasteiger partial charge in [-0.1, -0.05) is 17.7 Å². The van der Waals surface area contributed by atoms with E-state index < -0.39 is 22.5 Å². The average Bonchev–Trinajstić information content (AvgIpc) is 3.30. The number of benzene rings is 1. The molecule has 0 unspecified atom stereocenters. The van der Waals surface area contributed by atoms with Gasteiger partial charge in [-0.3, -0.25) is 19.7 Å². The van der Waals surface area contributed by atoms with Crippen molar-refractivity contribution in [1.29, 1.82) is 0 Å². The molecule has 1 aromatic heterocycles. The van der Waals surface area contributed by atoms with Gasteiger partial charge in [0.1, 0.15) is 10.7 Å². The number of ether oxygens (including phenoxy) is 2. The Morgan fingerprint density at radius 1 is 1.06 bits per heavy atom. The number of nitrogens with zero attached hydrogens (tertiary/aromatic N) is 4. The Bertz CT molecular complexity index is 1230. The topological polar surface area (TPSA) is 132 Å². The van der Waals surface area contributed by atoms with Gasteiger partial charge in [0.25, 0.3) is 17.5 Å². The minimum absolute atomic E-state index is 0.0516. The van der Waals surface area contributed by atoms with Gasteiger partial charge in [0, 0.05) is 43.9 Å². The van der Waals surface area contributed by atoms with E-state index in [1.165, 1.54) is 31.4 Å². The number of hydrogen-bond acceptors (Lipinski definition) is 8. The molecule has 0 bridgehead atoms. The van der Waals surface area contributed by atoms with Crippen molar-refractivity contribution in [3.05, 3.63) is 62.3 Å². The fourth-order valence-electron chi connectivity index (χ4n) is 4.94. The molecule has 0 atom stereocenters. The van der Waals surface area contributed by atoms with Crippen molar-refractivity contribution < 1.29 is 28.8 Å². The van der Waals surface area contributed by atoms with Gasteiger partial charge in [0.05, 0.1) is 24.7 Å². The number of likely N-dealkylation sites (tertiary alicyclic amines) is 2. The Labute approximate surface area is 212 Å². The van der Waals surface area contributed by atoms with Crippen LogP contribution in [-0.2, 0) is 4.74 Å². The Balaban J connectivity index is 1.46. The third kappa shape index (κ3) is 4.83. The van der Waals surface area contributed by atoms with Crippen LogP contribution in [0.1, 0.15) is 50.3 Å². The first kappa shape index (κ1) is 25.4. The van der Waals surface area contributed by atoms with Crippen molar-refractivity contribution in [2.24, 2.45) is 5.41 Å². The van der Waals surface area contributed by atoms with Crippen molar-refractivity contribution in [2.75, 3.05) is 40.4 Å². The van der Waals surface area contributed by atoms with Crippen LogP contribution in [0.4, 0.5) is 5.69 Å². The molecule has 2 fully saturated rings. The Hall–Kier alpha value is -3.73. The maximum absolute atomic E-state index is 13.3. The van der Waals surface area contributed by atoms with Gasteiger partial charge in [-0.05, 0) is 36.8 Å². The molecule has 36 heavy (non-hydrogen) atoms. The fourth-order valence-corrected chi connectivity index (χ4v) is 5.14. The van der Waals surface area contributed by atoms with Gasteiger partial charge in [-0.2, -0.15) is 0 Å². The summed E-state index contributed by atoms with van der Waals surface area (Å²) >= 11 is 6.01. The molecule has 11 nitrogen and oxygen atoms in total. The second-order valence-corrected chi connectivity index (χ2v) is 9.33. The lowest BCUT2D eigenvalue weighted by molar-refractivity contribution is -0.385. The highest BCUT2D eigenvalue weighted by Crippen LogP contribution is 2.41. The summed E-state index contributed by atoms with van der Waals surface area (Å²) in [4.78, 5) is 56.8. The number of aromatic nitrogens is 1. The van der Waals surface area contributed by atoms with Gasteiger partial charge >= 0.3 is 5.97 Å². The highest BCUT2D eigenvalue weighted by atomic mass is 35.5. The zero-order chi connectivity index (χ0) is 26.0. The van der Waals surface area contributed by atoms with E-state index in [9.17, 15) is 24.5 Å². The highest BCUT2D eigenvalue weighted by molar-refractivity contribution is 6.29. The first-order chi connectivity index (χ1) is 17.2. The SMILES string of the molecule is COC(=O)c1c(C(=O)N2CCC3(CCN(C(=O)c4cc(Cl)nc(OC)c4)CC3)C2)cccc1[N+](=O)[O-]. The quantitative estimate of drug-likeness (QED) is 0.256. The van der Waals surface area contributed by atoms with Crippen molar-refractivity contribution in [3.8, 4) is 5.88 Å². The van der Waals surface area contributed by atoms with Crippen LogP contribution in [0.5, 0.6) is 5.88 Å². The molecule has 4 rings (SSSR count). The molecule has 2 aromatic rings. The predicted molar refractivity (Wildman–Crippen MR) is 128 cm³/mol. The predicted octanol–water partition coefficient (Wildman–Crippen LogP) is 3.21. The van der Waals surface area contributed by atoms with Crippen LogP contribution in [0.3, 0.4) is 0 Å². The molecule has 2 amide bonds. The Morgan fingerprint density at radius 2 is 1.72 bits per heavy atom. The maximum atomic E-state index is 13.3. The summed E-state index contributed by atoms with van der Waals surface area (Å²) in [6, 6.07) is 7.01. The number of nitro groups is 1. The molecule has 1 spiro atoms. The standard InChI is InChI=1S/C24H25ClN4O7/c1-35-19-13-15(12-18(25)26-19)21(30)27-9-6-24(7-10-27)8-11-28(14-24)22(31)16-4-3-5-17(29(33)34)20(16)23(32)36-2/h3-5,12-13H,6-11,14H2,1-2H3. The molecule has 2 saturated heterocycles. The molecule has 0 N–H and O–H groups in total. The molecule has 3 heterocycles. The van der Waals surface area contributed by atoms with E-state index in [-0.39, 0.29) is 33.5 Å². The number of carbonyl (C=O) groups is 3. The minimum Gasteiger partial charge on any atom is -0.481 e. The molecule has 1 aromatic carbocycles. The van der Waals surface area contributed by atoms with Crippen LogP contribution in [0, 0.1) is 15.5 Å². The molecule has 0 radical (unpaired) electrons. The maximum Gasteiger partial charge on any atom is 0.345 e. The van der Waals surface area contributed by atoms with Gasteiger partial charge < -0.3 is 19.3 Å². The summed E-state index contributed by atoms with van der Waals surface area (Å²) in [5.41, 5.74) is -0.646. The lowest BCUT2D eigenvalue weighted by Gasteiger charge is -2.39. The molecule has 0 saturated carbocycles. The number of hydrogen-bond donors (Lipinski definition) is 0. The third-order valence-corrected chi connectivity index (χ3v) is 7.12. The molecular formula is C24H25ClN4O7. The van der Waals surface area contributed by atoms with Crippen LogP contribution < -0.4 is 4.74 Å². The second kappa shape index (κ2) is 10.1. The summed E-state index contributed by atoms with van der Waals surface area (Å²) in [5, 5.41) is 11.6. The van der Waals surface area contributed by atoms with E-state index in [0.29, 0.717) is 44.6 Å². The zero-order valence-electron chi connectivity index (χ0n) is 19.9. The lowest BCUT2D eigenvalue weighted by atomic mass is 9.77. The Kier molecular flexibility index (Phi) is 7.11. The number of amides is 2. The molecular weight excluding hydrogens is 492 g/mol. The summed E-state index contributed by atoms with van der Waals surface area (Å²) in [5.74, 6) is -1.29. The van der Waals surface area contributed by atoms with Crippen LogP contribution >= 0.6 is 11.6 Å². The van der Waals surface area contributed by atoms with Gasteiger partial charge in [0.15, 0.2) is 0 Å². The fraction of sp³-hybridized carbons (Fsp3) is 0.417. The molecule has 2 aliphatic rings. The smallest absolute Gasteiger partial charge is 0.345 e. The summed E-state index contributed by atoms with van der Waals surface area (Å²) in [6.45, 7) is 1.90. The summed E-state index contributed by atoms with van der Waals surface area (Å²) in [6.07, 6.45) is 2.12. The van der Waals surface area contributed by atoms with Gasteiger partial charge in [0.2, 0.25) is 5.88 Å². The molecule has 190 valence electrons. The monoisotopic (exact) mass is 516 g/mol. The first-order valence-electron chi connectivity index (χ1n) is 11.3. The lowest BCUT2D eigenvalue weighted by Crippen LogP contribution is -2.44. The van der Waals surface area contributed by atoms with E-state index in [1.807, 2.05) is 0 Å². The molecule has 2 aliphatic heterocycles. The van der Waals surface area contributed by atoms with E-state index in [0.717, 1.165) is 13.5 Å². The number of pyridine rings is 1.